The lowest BCUT2D eigenvalue weighted by Gasteiger charge is -2.09. The van der Waals surface area contributed by atoms with E-state index in [1.165, 1.54) is 29.1 Å². The molecule has 0 aliphatic heterocycles. The Morgan fingerprint density at radius 2 is 2.06 bits per heavy atom. The lowest BCUT2D eigenvalue weighted by molar-refractivity contribution is -0.141. The number of nitrogens with zero attached hydrogens (tertiary/aromatic N) is 3. The lowest BCUT2D eigenvalue weighted by atomic mass is 10.3. The summed E-state index contributed by atoms with van der Waals surface area (Å²) in [6.45, 7) is 0. The maximum atomic E-state index is 12.5. The number of halogens is 3. The predicted molar refractivity (Wildman–Crippen MR) is 62.2 cm³/mol. The minimum absolute atomic E-state index is 0.0146. The van der Waals surface area contributed by atoms with Crippen molar-refractivity contribution in [2.24, 2.45) is 5.73 Å². The van der Waals surface area contributed by atoms with Crippen molar-refractivity contribution in [3.05, 3.63) is 42.1 Å². The van der Waals surface area contributed by atoms with E-state index < -0.39 is 11.9 Å². The number of thiocarbonyl (C=S) groups is 1. The second-order valence-corrected chi connectivity index (χ2v) is 3.80. The number of nitrogens with two attached hydrogens (primary N) is 1. The van der Waals surface area contributed by atoms with Gasteiger partial charge in [-0.2, -0.15) is 13.2 Å². The van der Waals surface area contributed by atoms with E-state index in [2.05, 4.69) is 9.97 Å². The van der Waals surface area contributed by atoms with Crippen LogP contribution in [-0.4, -0.2) is 19.5 Å². The summed E-state index contributed by atoms with van der Waals surface area (Å²) in [5.74, 6) is 0.252. The third-order valence-electron chi connectivity index (χ3n) is 2.13. The van der Waals surface area contributed by atoms with Crippen LogP contribution in [0.3, 0.4) is 0 Å². The van der Waals surface area contributed by atoms with Gasteiger partial charge in [0.15, 0.2) is 5.82 Å². The van der Waals surface area contributed by atoms with Gasteiger partial charge >= 0.3 is 6.18 Å². The summed E-state index contributed by atoms with van der Waals surface area (Å²) in [7, 11) is 0. The minimum Gasteiger partial charge on any atom is -0.387 e. The summed E-state index contributed by atoms with van der Waals surface area (Å²) < 4.78 is 38.9. The summed E-state index contributed by atoms with van der Waals surface area (Å²) in [4.78, 5) is 7.36. The van der Waals surface area contributed by atoms with Crippen molar-refractivity contribution in [3.63, 3.8) is 0 Å². The first-order valence-electron chi connectivity index (χ1n) is 4.77. The number of imidazole rings is 1. The molecule has 0 saturated heterocycles. The molecular weight excluding hydrogens is 265 g/mol. The van der Waals surface area contributed by atoms with Crippen molar-refractivity contribution in [1.82, 2.24) is 14.5 Å². The number of rotatable bonds is 2. The Labute approximate surface area is 105 Å². The predicted octanol–water partition coefficient (Wildman–Crippen LogP) is 1.92. The van der Waals surface area contributed by atoms with E-state index in [0.717, 1.165) is 6.07 Å². The van der Waals surface area contributed by atoms with Crippen molar-refractivity contribution in [2.75, 3.05) is 0 Å². The van der Waals surface area contributed by atoms with Crippen LogP contribution in [0.2, 0.25) is 0 Å². The third-order valence-corrected chi connectivity index (χ3v) is 2.32. The summed E-state index contributed by atoms with van der Waals surface area (Å²) in [5.41, 5.74) is 4.43. The molecule has 2 aromatic heterocycles. The van der Waals surface area contributed by atoms with E-state index >= 15 is 0 Å². The fourth-order valence-corrected chi connectivity index (χ4v) is 1.54. The number of alkyl halides is 3. The summed E-state index contributed by atoms with van der Waals surface area (Å²) in [6.07, 6.45) is -1.67. The highest BCUT2D eigenvalue weighted by Gasteiger charge is 2.32. The topological polar surface area (TPSA) is 56.7 Å². The van der Waals surface area contributed by atoms with Crippen molar-refractivity contribution in [1.29, 1.82) is 0 Å². The third kappa shape index (κ3) is 2.33. The van der Waals surface area contributed by atoms with Crippen molar-refractivity contribution < 1.29 is 13.2 Å². The maximum Gasteiger partial charge on any atom is 0.433 e. The Morgan fingerprint density at radius 3 is 2.67 bits per heavy atom. The zero-order valence-corrected chi connectivity index (χ0v) is 9.66. The van der Waals surface area contributed by atoms with E-state index in [0.29, 0.717) is 0 Å². The summed E-state index contributed by atoms with van der Waals surface area (Å²) in [5, 5.41) is 0. The van der Waals surface area contributed by atoms with Crippen LogP contribution in [0.4, 0.5) is 13.2 Å². The van der Waals surface area contributed by atoms with Crippen molar-refractivity contribution in [3.8, 4) is 5.82 Å². The minimum atomic E-state index is -4.50. The fourth-order valence-electron chi connectivity index (χ4n) is 1.39. The van der Waals surface area contributed by atoms with Gasteiger partial charge in [0, 0.05) is 12.4 Å². The fraction of sp³-hybridized carbons (Fsp3) is 0.100. The van der Waals surface area contributed by atoms with Gasteiger partial charge in [0.1, 0.15) is 16.5 Å². The maximum absolute atomic E-state index is 12.5. The molecule has 0 bridgehead atoms. The molecule has 0 spiro atoms. The van der Waals surface area contributed by atoms with E-state index in [9.17, 15) is 13.2 Å². The SMILES string of the molecule is NC(=S)c1nccn1-c1cccc(C(F)(F)F)n1. The molecule has 4 nitrogen and oxygen atoms in total. The van der Waals surface area contributed by atoms with Gasteiger partial charge in [-0.25, -0.2) is 9.97 Å². The molecule has 0 aliphatic rings. The Hall–Kier alpha value is -1.96. The lowest BCUT2D eigenvalue weighted by Crippen LogP contribution is -2.17. The Bertz CT molecular complexity index is 591. The average Bonchev–Trinajstić information content (AvgIpc) is 2.77. The Balaban J connectivity index is 2.52. The molecule has 0 fully saturated rings. The van der Waals surface area contributed by atoms with Gasteiger partial charge in [-0.15, -0.1) is 0 Å². The second kappa shape index (κ2) is 4.37. The highest BCUT2D eigenvalue weighted by molar-refractivity contribution is 7.80. The van der Waals surface area contributed by atoms with Crippen molar-refractivity contribution >= 4 is 17.2 Å². The molecular formula is C10H7F3N4S. The monoisotopic (exact) mass is 272 g/mol. The average molecular weight is 272 g/mol. The van der Waals surface area contributed by atoms with Gasteiger partial charge in [-0.3, -0.25) is 4.57 Å². The van der Waals surface area contributed by atoms with Gasteiger partial charge in [-0.05, 0) is 12.1 Å². The normalized spacial score (nSPS) is 11.5. The number of hydrogen-bond donors (Lipinski definition) is 1. The molecule has 2 heterocycles. The van der Waals surface area contributed by atoms with Gasteiger partial charge in [0.2, 0.25) is 0 Å². The van der Waals surface area contributed by atoms with Gasteiger partial charge < -0.3 is 5.73 Å². The summed E-state index contributed by atoms with van der Waals surface area (Å²) in [6, 6.07) is 3.56. The molecule has 2 aromatic rings. The Morgan fingerprint density at radius 1 is 1.33 bits per heavy atom. The molecule has 0 atom stereocenters. The molecule has 94 valence electrons. The number of hydrogen-bond acceptors (Lipinski definition) is 3. The first-order valence-corrected chi connectivity index (χ1v) is 5.18. The van der Waals surface area contributed by atoms with Gasteiger partial charge in [-0.1, -0.05) is 18.3 Å². The molecule has 0 radical (unpaired) electrons. The van der Waals surface area contributed by atoms with E-state index in [1.807, 2.05) is 0 Å². The van der Waals surface area contributed by atoms with Crippen LogP contribution in [0.5, 0.6) is 0 Å². The second-order valence-electron chi connectivity index (χ2n) is 3.36. The van der Waals surface area contributed by atoms with Crippen LogP contribution in [0.25, 0.3) is 5.82 Å². The van der Waals surface area contributed by atoms with Crippen LogP contribution in [-0.2, 0) is 6.18 Å². The zero-order chi connectivity index (χ0) is 13.3. The van der Waals surface area contributed by atoms with Crippen LogP contribution in [0.15, 0.2) is 30.6 Å². The molecule has 0 unspecified atom stereocenters. The van der Waals surface area contributed by atoms with Crippen LogP contribution in [0.1, 0.15) is 11.5 Å². The van der Waals surface area contributed by atoms with Crippen LogP contribution in [0, 0.1) is 0 Å². The summed E-state index contributed by atoms with van der Waals surface area (Å²) >= 11 is 4.75. The molecule has 8 heteroatoms. The quantitative estimate of drug-likeness (QED) is 0.849. The largest absolute Gasteiger partial charge is 0.433 e. The van der Waals surface area contributed by atoms with E-state index in [4.69, 9.17) is 18.0 Å². The molecule has 18 heavy (non-hydrogen) atoms. The molecule has 0 saturated carbocycles. The highest BCUT2D eigenvalue weighted by Crippen LogP contribution is 2.28. The highest BCUT2D eigenvalue weighted by atomic mass is 32.1. The number of aromatic nitrogens is 3. The molecule has 0 aromatic carbocycles. The first kappa shape index (κ1) is 12.5. The van der Waals surface area contributed by atoms with E-state index in [1.54, 1.807) is 0 Å². The molecule has 2 N–H and O–H groups in total. The zero-order valence-electron chi connectivity index (χ0n) is 8.85. The van der Waals surface area contributed by atoms with Gasteiger partial charge in [0.25, 0.3) is 0 Å². The number of pyridine rings is 1. The molecule has 2 rings (SSSR count). The first-order chi connectivity index (χ1) is 8.39. The Kier molecular flexibility index (Phi) is 3.04. The van der Waals surface area contributed by atoms with Gasteiger partial charge in [0.05, 0.1) is 0 Å². The van der Waals surface area contributed by atoms with Crippen LogP contribution < -0.4 is 5.73 Å². The molecule has 0 amide bonds. The molecule has 0 aliphatic carbocycles. The van der Waals surface area contributed by atoms with Crippen molar-refractivity contribution in [2.45, 2.75) is 6.18 Å². The smallest absolute Gasteiger partial charge is 0.387 e. The standard InChI is InChI=1S/C10H7F3N4S/c11-10(12,13)6-2-1-3-7(16-6)17-5-4-15-9(17)8(14)18/h1-5H,(H2,14,18). The van der Waals surface area contributed by atoms with E-state index in [-0.39, 0.29) is 16.6 Å². The van der Waals surface area contributed by atoms with Crippen LogP contribution >= 0.6 is 12.2 Å².